The minimum atomic E-state index is -1.13. The van der Waals surface area contributed by atoms with Crippen molar-refractivity contribution in [1.82, 2.24) is 0 Å². The number of hydrogen-bond donors (Lipinski definition) is 0. The van der Waals surface area contributed by atoms with Gasteiger partial charge in [-0.1, -0.05) is 135 Å². The molecule has 0 amide bonds. The maximum Gasteiger partial charge on any atom is 0.306 e. The summed E-state index contributed by atoms with van der Waals surface area (Å²) in [6, 6.07) is -0.725. The maximum absolute atomic E-state index is 12.5. The smallest absolute Gasteiger partial charge is 0.306 e. The number of unbranched alkanes of at least 4 members (excludes halogenated alkanes) is 18. The van der Waals surface area contributed by atoms with Crippen LogP contribution in [0, 0.1) is 0 Å². The zero-order valence-electron chi connectivity index (χ0n) is 31.2. The molecule has 0 heterocycles. The number of hydrogen-bond acceptors (Lipinski definition) is 7. The van der Waals surface area contributed by atoms with Crippen LogP contribution >= 0.6 is 0 Å². The number of likely N-dealkylation sites (N-methyl/N-ethyl adjacent to an activating group) is 1. The van der Waals surface area contributed by atoms with Gasteiger partial charge in [0, 0.05) is 19.3 Å². The van der Waals surface area contributed by atoms with Crippen LogP contribution in [0.1, 0.15) is 168 Å². The molecule has 0 spiro atoms. The van der Waals surface area contributed by atoms with Crippen LogP contribution in [0.2, 0.25) is 0 Å². The molecule has 8 heteroatoms. The Morgan fingerprint density at radius 1 is 0.617 bits per heavy atom. The molecule has 0 aliphatic carbocycles. The molecule has 0 aromatic heterocycles. The zero-order chi connectivity index (χ0) is 35.0. The highest BCUT2D eigenvalue weighted by Gasteiger charge is 2.25. The Hall–Kier alpha value is -1.93. The number of carboxylic acids is 1. The van der Waals surface area contributed by atoms with Crippen molar-refractivity contribution in [3.05, 3.63) is 12.2 Å². The fourth-order valence-corrected chi connectivity index (χ4v) is 5.62. The van der Waals surface area contributed by atoms with Crippen molar-refractivity contribution >= 4 is 17.9 Å². The van der Waals surface area contributed by atoms with Gasteiger partial charge < -0.3 is 28.6 Å². The molecule has 2 atom stereocenters. The lowest BCUT2D eigenvalue weighted by molar-refractivity contribution is -0.889. The van der Waals surface area contributed by atoms with Gasteiger partial charge in [0.1, 0.15) is 12.6 Å². The first kappa shape index (κ1) is 45.1. The topological polar surface area (TPSA) is 102 Å². The molecule has 0 N–H and O–H groups in total. The number of esters is 2. The van der Waals surface area contributed by atoms with Gasteiger partial charge in [0.2, 0.25) is 0 Å². The average molecular weight is 668 g/mol. The van der Waals surface area contributed by atoms with Gasteiger partial charge in [0.15, 0.2) is 6.10 Å². The van der Waals surface area contributed by atoms with Crippen molar-refractivity contribution in [3.8, 4) is 0 Å². The van der Waals surface area contributed by atoms with Gasteiger partial charge in [0.25, 0.3) is 0 Å². The van der Waals surface area contributed by atoms with Gasteiger partial charge in [0.05, 0.1) is 40.3 Å². The number of nitrogens with zero attached hydrogens (tertiary/aromatic N) is 1. The number of quaternary nitrogens is 1. The number of carbonyl (C=O) groups is 3. The molecular formula is C39H73NO7. The summed E-state index contributed by atoms with van der Waals surface area (Å²) in [4.78, 5) is 36.5. The molecule has 0 aromatic carbocycles. The van der Waals surface area contributed by atoms with E-state index in [9.17, 15) is 19.5 Å². The molecule has 0 aromatic rings. The second-order valence-electron chi connectivity index (χ2n) is 14.2. The number of aliphatic carboxylic acids is 1. The highest BCUT2D eigenvalue weighted by atomic mass is 16.6. The Bertz CT molecular complexity index is 793. The molecule has 2 unspecified atom stereocenters. The van der Waals surface area contributed by atoms with Gasteiger partial charge in [-0.15, -0.1) is 0 Å². The summed E-state index contributed by atoms with van der Waals surface area (Å²) in [5.41, 5.74) is 0. The van der Waals surface area contributed by atoms with Crippen molar-refractivity contribution in [3.63, 3.8) is 0 Å². The lowest BCUT2D eigenvalue weighted by Gasteiger charge is -2.34. The first-order valence-corrected chi connectivity index (χ1v) is 19.2. The van der Waals surface area contributed by atoms with Crippen LogP contribution in [0.5, 0.6) is 0 Å². The van der Waals surface area contributed by atoms with E-state index in [1.807, 2.05) is 6.08 Å². The van der Waals surface area contributed by atoms with Crippen molar-refractivity contribution < 1.29 is 38.2 Å². The van der Waals surface area contributed by atoms with Crippen molar-refractivity contribution in [1.29, 1.82) is 0 Å². The molecule has 8 nitrogen and oxygen atoms in total. The third-order valence-electron chi connectivity index (χ3n) is 8.67. The third-order valence-corrected chi connectivity index (χ3v) is 8.67. The molecule has 276 valence electrons. The first-order chi connectivity index (χ1) is 22.6. The minimum absolute atomic E-state index is 0.0299. The summed E-state index contributed by atoms with van der Waals surface area (Å²) in [5, 5.41) is 11.5. The van der Waals surface area contributed by atoms with E-state index < -0.39 is 18.1 Å². The molecule has 0 fully saturated rings. The van der Waals surface area contributed by atoms with Gasteiger partial charge in [-0.2, -0.15) is 0 Å². The lowest BCUT2D eigenvalue weighted by atomic mass is 10.0. The molecule has 0 bridgehead atoms. The van der Waals surface area contributed by atoms with Crippen molar-refractivity contribution in [2.75, 3.05) is 41.0 Å². The highest BCUT2D eigenvalue weighted by Crippen LogP contribution is 2.14. The summed E-state index contributed by atoms with van der Waals surface area (Å²) in [5.74, 6) is -1.80. The van der Waals surface area contributed by atoms with Crippen LogP contribution < -0.4 is 5.11 Å². The second kappa shape index (κ2) is 31.3. The number of ether oxygens (including phenoxy) is 3. The fourth-order valence-electron chi connectivity index (χ4n) is 5.62. The Morgan fingerprint density at radius 2 is 1.11 bits per heavy atom. The van der Waals surface area contributed by atoms with E-state index in [-0.39, 0.29) is 49.1 Å². The first-order valence-electron chi connectivity index (χ1n) is 19.2. The van der Waals surface area contributed by atoms with Crippen LogP contribution in [0.15, 0.2) is 12.2 Å². The number of allylic oxidation sites excluding steroid dienone is 2. The van der Waals surface area contributed by atoms with Crippen LogP contribution in [0.4, 0.5) is 0 Å². The molecule has 0 aliphatic rings. The highest BCUT2D eigenvalue weighted by molar-refractivity contribution is 5.70. The van der Waals surface area contributed by atoms with E-state index in [2.05, 4.69) is 19.9 Å². The normalized spacial score (nSPS) is 13.1. The quantitative estimate of drug-likeness (QED) is 0.0295. The summed E-state index contributed by atoms with van der Waals surface area (Å²) in [7, 11) is 5.38. The van der Waals surface area contributed by atoms with E-state index in [0.29, 0.717) is 12.8 Å². The van der Waals surface area contributed by atoms with Crippen LogP contribution in [0.25, 0.3) is 0 Å². The zero-order valence-corrected chi connectivity index (χ0v) is 31.2. The van der Waals surface area contributed by atoms with E-state index in [1.54, 1.807) is 21.1 Å². The predicted molar refractivity (Wildman–Crippen MR) is 190 cm³/mol. The van der Waals surface area contributed by atoms with Crippen LogP contribution in [0.3, 0.4) is 0 Å². The number of carboxylic acid groups (broad SMARTS) is 1. The van der Waals surface area contributed by atoms with Crippen LogP contribution in [-0.2, 0) is 28.6 Å². The van der Waals surface area contributed by atoms with Crippen molar-refractivity contribution in [2.45, 2.75) is 180 Å². The molecule has 0 aliphatic heterocycles. The third kappa shape index (κ3) is 29.9. The van der Waals surface area contributed by atoms with Gasteiger partial charge in [-0.05, 0) is 25.7 Å². The number of rotatable bonds is 34. The van der Waals surface area contributed by atoms with Gasteiger partial charge in [-0.25, -0.2) is 0 Å². The lowest BCUT2D eigenvalue weighted by Crippen LogP contribution is -2.55. The predicted octanol–water partition coefficient (Wildman–Crippen LogP) is 8.24. The number of carbonyl (C=O) groups excluding carboxylic acids is 3. The summed E-state index contributed by atoms with van der Waals surface area (Å²) >= 11 is 0. The largest absolute Gasteiger partial charge is 0.544 e. The van der Waals surface area contributed by atoms with E-state index in [4.69, 9.17) is 14.2 Å². The summed E-state index contributed by atoms with van der Waals surface area (Å²) in [6.07, 6.45) is 29.7. The molecular weight excluding hydrogens is 594 g/mol. The Kier molecular flexibility index (Phi) is 30.1. The molecule has 0 saturated carbocycles. The molecule has 0 rings (SSSR count). The Morgan fingerprint density at radius 3 is 1.62 bits per heavy atom. The second-order valence-corrected chi connectivity index (χ2v) is 14.2. The molecule has 0 saturated heterocycles. The molecule has 0 radical (unpaired) electrons. The maximum atomic E-state index is 12.5. The monoisotopic (exact) mass is 668 g/mol. The van der Waals surface area contributed by atoms with E-state index in [1.165, 1.54) is 96.3 Å². The minimum Gasteiger partial charge on any atom is -0.544 e. The Labute approximate surface area is 289 Å². The summed E-state index contributed by atoms with van der Waals surface area (Å²) < 4.78 is 17.0. The van der Waals surface area contributed by atoms with E-state index >= 15 is 0 Å². The van der Waals surface area contributed by atoms with Gasteiger partial charge >= 0.3 is 11.9 Å². The van der Waals surface area contributed by atoms with Crippen molar-refractivity contribution in [2.24, 2.45) is 0 Å². The van der Waals surface area contributed by atoms with Crippen LogP contribution in [-0.4, -0.2) is 75.5 Å². The Balaban J connectivity index is 4.34. The molecule has 47 heavy (non-hydrogen) atoms. The fraction of sp³-hybridized carbons (Fsp3) is 0.872. The van der Waals surface area contributed by atoms with Gasteiger partial charge in [-0.3, -0.25) is 9.59 Å². The SMILES string of the molecule is CCCCCC/C=C/CCC(=O)OC(COCCC(C(=O)[O-])[N+](C)(C)C)COC(=O)CCCCCCCCCCCCCCCCC. The van der Waals surface area contributed by atoms with E-state index in [0.717, 1.165) is 32.1 Å². The average Bonchev–Trinajstić information content (AvgIpc) is 3.01. The standard InChI is InChI=1S/C39H73NO7/c1-6-8-10-12-14-16-17-18-19-20-21-22-24-25-27-29-37(41)46-34-35(33-45-32-31-36(39(43)44)40(3,4)5)47-38(42)30-28-26-23-15-13-11-9-7-2/h23,26,35-36H,6-22,24-25,27-34H2,1-5H3/b26-23+. The summed E-state index contributed by atoms with van der Waals surface area (Å²) in [6.45, 7) is 4.57.